The number of hydrogen-bond acceptors (Lipinski definition) is 3. The lowest BCUT2D eigenvalue weighted by Gasteiger charge is -2.23. The number of carbonyl (C=O) groups is 2. The predicted octanol–water partition coefficient (Wildman–Crippen LogP) is 2.65. The number of rotatable bonds is 7. The van der Waals surface area contributed by atoms with Crippen LogP contribution in [0.25, 0.3) is 10.9 Å². The Morgan fingerprint density at radius 3 is 3.03 bits per heavy atom. The van der Waals surface area contributed by atoms with Crippen molar-refractivity contribution in [3.63, 3.8) is 0 Å². The normalized spacial score (nSPS) is 29.4. The standard InChI is InChI=1S/C24H29N3O3/c1-15(2)8-11-25-22(28)20-19-7-10-24(30-19)14-27(23(29)21(20)24)12-9-16-13-26-18-6-4-3-5-17(16)18/h3-7,10,13,15,19-21,26H,8-9,11-12,14H2,1-2H3,(H,25,28)/t19?,20?,21?,24-/m1/s1. The van der Waals surface area contributed by atoms with Gasteiger partial charge in [0.25, 0.3) is 0 Å². The zero-order valence-corrected chi connectivity index (χ0v) is 17.6. The van der Waals surface area contributed by atoms with Gasteiger partial charge in [0.2, 0.25) is 11.8 Å². The lowest BCUT2D eigenvalue weighted by molar-refractivity contribution is -0.137. The van der Waals surface area contributed by atoms with Crippen molar-refractivity contribution in [3.8, 4) is 0 Å². The first-order valence-corrected chi connectivity index (χ1v) is 11.0. The van der Waals surface area contributed by atoms with Gasteiger partial charge in [-0.2, -0.15) is 0 Å². The van der Waals surface area contributed by atoms with Crippen LogP contribution in [0.15, 0.2) is 42.6 Å². The number of hydrogen-bond donors (Lipinski definition) is 2. The molecule has 1 spiro atoms. The molecule has 0 aliphatic carbocycles. The zero-order chi connectivity index (χ0) is 20.9. The Morgan fingerprint density at radius 1 is 1.37 bits per heavy atom. The monoisotopic (exact) mass is 407 g/mol. The Hall–Kier alpha value is -2.60. The second-order valence-corrected chi connectivity index (χ2v) is 9.24. The van der Waals surface area contributed by atoms with Crippen LogP contribution in [0.3, 0.4) is 0 Å². The molecule has 3 aliphatic rings. The number of amides is 2. The van der Waals surface area contributed by atoms with Crippen LogP contribution in [0.5, 0.6) is 0 Å². The topological polar surface area (TPSA) is 74.4 Å². The highest BCUT2D eigenvalue weighted by Crippen LogP contribution is 2.51. The molecule has 1 aromatic heterocycles. The third-order valence-corrected chi connectivity index (χ3v) is 6.83. The number of H-pyrrole nitrogens is 1. The minimum Gasteiger partial charge on any atom is -0.361 e. The fourth-order valence-electron chi connectivity index (χ4n) is 5.26. The Kier molecular flexibility index (Phi) is 4.69. The van der Waals surface area contributed by atoms with Crippen molar-refractivity contribution in [1.29, 1.82) is 0 Å². The second-order valence-electron chi connectivity index (χ2n) is 9.24. The SMILES string of the molecule is CC(C)CCNC(=O)C1C2C=C[C@]3(CN(CCc4c[nH]c5ccccc45)C(=O)C13)O2. The van der Waals surface area contributed by atoms with Crippen LogP contribution in [-0.4, -0.2) is 53.0 Å². The van der Waals surface area contributed by atoms with Gasteiger partial charge in [-0.05, 0) is 30.4 Å². The van der Waals surface area contributed by atoms with E-state index >= 15 is 0 Å². The predicted molar refractivity (Wildman–Crippen MR) is 115 cm³/mol. The van der Waals surface area contributed by atoms with E-state index in [4.69, 9.17) is 4.74 Å². The van der Waals surface area contributed by atoms with E-state index in [1.807, 2.05) is 35.4 Å². The Balaban J connectivity index is 1.29. The maximum atomic E-state index is 13.3. The smallest absolute Gasteiger partial charge is 0.230 e. The average molecular weight is 408 g/mol. The molecule has 4 atom stereocenters. The lowest BCUT2D eigenvalue weighted by Crippen LogP contribution is -2.44. The number of aromatic nitrogens is 1. The number of para-hydroxylation sites is 1. The molecule has 6 nitrogen and oxygen atoms in total. The molecule has 3 aliphatic heterocycles. The van der Waals surface area contributed by atoms with E-state index in [2.05, 4.69) is 36.3 Å². The molecule has 30 heavy (non-hydrogen) atoms. The number of nitrogens with one attached hydrogen (secondary N) is 2. The van der Waals surface area contributed by atoms with Crippen molar-refractivity contribution in [2.24, 2.45) is 17.8 Å². The van der Waals surface area contributed by atoms with Crippen molar-refractivity contribution in [3.05, 3.63) is 48.2 Å². The summed E-state index contributed by atoms with van der Waals surface area (Å²) in [7, 11) is 0. The van der Waals surface area contributed by atoms with E-state index < -0.39 is 17.4 Å². The third-order valence-electron chi connectivity index (χ3n) is 6.83. The van der Waals surface area contributed by atoms with Crippen molar-refractivity contribution in [2.45, 2.75) is 38.4 Å². The van der Waals surface area contributed by atoms with Gasteiger partial charge < -0.3 is 19.9 Å². The summed E-state index contributed by atoms with van der Waals surface area (Å²) in [6.45, 7) is 6.07. The van der Waals surface area contributed by atoms with Gasteiger partial charge in [-0.1, -0.05) is 44.2 Å². The van der Waals surface area contributed by atoms with E-state index in [1.54, 1.807) is 0 Å². The van der Waals surface area contributed by atoms with Crippen molar-refractivity contribution < 1.29 is 14.3 Å². The molecule has 2 amide bonds. The van der Waals surface area contributed by atoms with E-state index in [-0.39, 0.29) is 17.9 Å². The quantitative estimate of drug-likeness (QED) is 0.693. The highest BCUT2D eigenvalue weighted by molar-refractivity contribution is 5.93. The minimum absolute atomic E-state index is 0.0469. The summed E-state index contributed by atoms with van der Waals surface area (Å²) in [4.78, 5) is 31.4. The van der Waals surface area contributed by atoms with Gasteiger partial charge in [-0.25, -0.2) is 0 Å². The highest BCUT2D eigenvalue weighted by Gasteiger charge is 2.66. The summed E-state index contributed by atoms with van der Waals surface area (Å²) >= 11 is 0. The average Bonchev–Trinajstić information content (AvgIpc) is 3.46. The molecule has 0 saturated carbocycles. The Morgan fingerprint density at radius 2 is 2.20 bits per heavy atom. The van der Waals surface area contributed by atoms with E-state index in [1.165, 1.54) is 10.9 Å². The van der Waals surface area contributed by atoms with Crippen LogP contribution >= 0.6 is 0 Å². The van der Waals surface area contributed by atoms with Crippen molar-refractivity contribution >= 4 is 22.7 Å². The molecule has 1 aromatic carbocycles. The van der Waals surface area contributed by atoms with Gasteiger partial charge in [0, 0.05) is 30.2 Å². The maximum Gasteiger partial charge on any atom is 0.230 e. The van der Waals surface area contributed by atoms with Gasteiger partial charge in [0.05, 0.1) is 24.5 Å². The molecule has 6 heteroatoms. The second kappa shape index (κ2) is 7.27. The van der Waals surface area contributed by atoms with Crippen LogP contribution in [-0.2, 0) is 20.7 Å². The molecule has 2 aromatic rings. The van der Waals surface area contributed by atoms with Crippen molar-refractivity contribution in [2.75, 3.05) is 19.6 Å². The maximum absolute atomic E-state index is 13.3. The molecule has 2 fully saturated rings. The minimum atomic E-state index is -0.637. The molecule has 2 saturated heterocycles. The van der Waals surface area contributed by atoms with E-state index in [0.29, 0.717) is 25.6 Å². The first-order valence-electron chi connectivity index (χ1n) is 11.0. The van der Waals surface area contributed by atoms with Gasteiger partial charge in [0.15, 0.2) is 0 Å². The van der Waals surface area contributed by atoms with Crippen LogP contribution in [0.2, 0.25) is 0 Å². The molecule has 4 heterocycles. The number of benzene rings is 1. The molecular formula is C24H29N3O3. The van der Waals surface area contributed by atoms with Gasteiger partial charge in [-0.15, -0.1) is 0 Å². The summed E-state index contributed by atoms with van der Waals surface area (Å²) in [5, 5.41) is 4.23. The molecular weight excluding hydrogens is 378 g/mol. The zero-order valence-electron chi connectivity index (χ0n) is 17.6. The largest absolute Gasteiger partial charge is 0.361 e. The fourth-order valence-corrected chi connectivity index (χ4v) is 5.26. The number of likely N-dealkylation sites (tertiary alicyclic amines) is 1. The summed E-state index contributed by atoms with van der Waals surface area (Å²) in [5.41, 5.74) is 1.68. The number of carbonyl (C=O) groups excluding carboxylic acids is 2. The first-order chi connectivity index (χ1) is 14.5. The Bertz CT molecular complexity index is 1010. The molecule has 0 radical (unpaired) electrons. The van der Waals surface area contributed by atoms with Gasteiger partial charge >= 0.3 is 0 Å². The van der Waals surface area contributed by atoms with E-state index in [0.717, 1.165) is 18.4 Å². The van der Waals surface area contributed by atoms with Crippen LogP contribution in [0.1, 0.15) is 25.8 Å². The number of fused-ring (bicyclic) bond motifs is 2. The molecule has 5 rings (SSSR count). The van der Waals surface area contributed by atoms with Crippen LogP contribution in [0.4, 0.5) is 0 Å². The number of ether oxygens (including phenoxy) is 1. The summed E-state index contributed by atoms with van der Waals surface area (Å²) in [5.74, 6) is -0.308. The molecule has 158 valence electrons. The number of nitrogens with zero attached hydrogens (tertiary/aromatic N) is 1. The van der Waals surface area contributed by atoms with Crippen molar-refractivity contribution in [1.82, 2.24) is 15.2 Å². The third kappa shape index (κ3) is 3.05. The molecule has 2 bridgehead atoms. The lowest BCUT2D eigenvalue weighted by atomic mass is 9.77. The van der Waals surface area contributed by atoms with Gasteiger partial charge in [-0.3, -0.25) is 9.59 Å². The summed E-state index contributed by atoms with van der Waals surface area (Å²) in [6.07, 6.45) is 7.44. The summed E-state index contributed by atoms with van der Waals surface area (Å²) < 4.78 is 6.21. The van der Waals surface area contributed by atoms with E-state index in [9.17, 15) is 9.59 Å². The Labute approximate surface area is 176 Å². The summed E-state index contributed by atoms with van der Waals surface area (Å²) in [6, 6.07) is 8.21. The van der Waals surface area contributed by atoms with Crippen LogP contribution < -0.4 is 5.32 Å². The molecule has 3 unspecified atom stereocenters. The van der Waals surface area contributed by atoms with Crippen LogP contribution in [0, 0.1) is 17.8 Å². The highest BCUT2D eigenvalue weighted by atomic mass is 16.5. The number of aromatic amines is 1. The van der Waals surface area contributed by atoms with Gasteiger partial charge in [0.1, 0.15) is 5.60 Å². The first kappa shape index (κ1) is 19.4. The fraction of sp³-hybridized carbons (Fsp3) is 0.500. The molecule has 2 N–H and O–H groups in total.